The van der Waals surface area contributed by atoms with Crippen LogP contribution in [0, 0.1) is 23.1 Å². The highest BCUT2D eigenvalue weighted by molar-refractivity contribution is 5.87. The Balaban J connectivity index is 1.63. The largest absolute Gasteiger partial charge is 0.462 e. The van der Waals surface area contributed by atoms with E-state index in [1.807, 2.05) is 13.0 Å². The smallest absolute Gasteiger partial charge is 0.333 e. The molecule has 0 heterocycles. The van der Waals surface area contributed by atoms with Gasteiger partial charge in [-0.2, -0.15) is 0 Å². The van der Waals surface area contributed by atoms with E-state index in [9.17, 15) is 15.0 Å². The van der Waals surface area contributed by atoms with Crippen molar-refractivity contribution >= 4 is 11.5 Å². The van der Waals surface area contributed by atoms with Crippen molar-refractivity contribution in [1.82, 2.24) is 0 Å². The summed E-state index contributed by atoms with van der Waals surface area (Å²) >= 11 is 0. The fourth-order valence-electron chi connectivity index (χ4n) is 9.51. The van der Waals surface area contributed by atoms with Crippen LogP contribution in [0.5, 0.6) is 0 Å². The molecule has 0 aliphatic heterocycles. The summed E-state index contributed by atoms with van der Waals surface area (Å²) in [4.78, 5) is 12.2. The van der Waals surface area contributed by atoms with Crippen LogP contribution in [0.1, 0.15) is 166 Å². The third-order valence-corrected chi connectivity index (χ3v) is 13.6. The number of unbranched alkanes of at least 4 members (excludes halogenated alkanes) is 3. The first-order valence-corrected chi connectivity index (χ1v) is 23.7. The molecule has 2 atom stereocenters. The molecule has 2 N–H and O–H groups in total. The fourth-order valence-corrected chi connectivity index (χ4v) is 9.51. The lowest BCUT2D eigenvalue weighted by Crippen LogP contribution is -2.34. The third-order valence-electron chi connectivity index (χ3n) is 13.6. The van der Waals surface area contributed by atoms with E-state index >= 15 is 4.39 Å². The number of hydrogen-bond acceptors (Lipinski definition) is 5. The number of allylic oxidation sites excluding steroid dienone is 4. The molecule has 1 saturated carbocycles. The van der Waals surface area contributed by atoms with Crippen LogP contribution < -0.4 is 0 Å². The van der Waals surface area contributed by atoms with Gasteiger partial charge in [0.2, 0.25) is 0 Å². The predicted molar refractivity (Wildman–Crippen MR) is 253 cm³/mol. The SMILES string of the molecule is C=C(C)C(=C)CCCCC1C=C(c2ccc(-c3ccc(C4CCC(CCCCC)CC4)cc3F)cc2CC)C=C(CCCOC(=O)C(=C)C)C1OCCC(CO)(CO)CCC. The molecule has 6 heteroatoms. The first-order chi connectivity index (χ1) is 29.4. The molecule has 0 spiro atoms. The Morgan fingerprint density at radius 1 is 0.820 bits per heavy atom. The van der Waals surface area contributed by atoms with E-state index in [0.717, 1.165) is 108 Å². The van der Waals surface area contributed by atoms with E-state index in [4.69, 9.17) is 9.47 Å². The maximum atomic E-state index is 16.0. The van der Waals surface area contributed by atoms with E-state index in [1.54, 1.807) is 13.0 Å². The van der Waals surface area contributed by atoms with Gasteiger partial charge in [-0.15, -0.1) is 0 Å². The van der Waals surface area contributed by atoms with E-state index in [0.29, 0.717) is 42.9 Å². The highest BCUT2D eigenvalue weighted by Crippen LogP contribution is 2.41. The van der Waals surface area contributed by atoms with Gasteiger partial charge in [0.05, 0.1) is 25.9 Å². The van der Waals surface area contributed by atoms with Gasteiger partial charge in [-0.3, -0.25) is 0 Å². The number of benzene rings is 2. The van der Waals surface area contributed by atoms with Crippen LogP contribution in [0.4, 0.5) is 4.39 Å². The van der Waals surface area contributed by atoms with E-state index in [2.05, 4.69) is 76.9 Å². The summed E-state index contributed by atoms with van der Waals surface area (Å²) in [6, 6.07) is 12.3. The van der Waals surface area contributed by atoms with Crippen molar-refractivity contribution in [2.75, 3.05) is 26.4 Å². The molecular weight excluding hydrogens is 760 g/mol. The third kappa shape index (κ3) is 14.8. The number of rotatable bonds is 27. The number of halogens is 1. The van der Waals surface area contributed by atoms with Gasteiger partial charge in [-0.05, 0) is 142 Å². The summed E-state index contributed by atoms with van der Waals surface area (Å²) in [5.41, 5.74) is 9.11. The Morgan fingerprint density at radius 3 is 2.18 bits per heavy atom. The molecule has 2 aromatic carbocycles. The molecule has 0 aromatic heterocycles. The van der Waals surface area contributed by atoms with Gasteiger partial charge in [0, 0.05) is 29.1 Å². The number of esters is 1. The summed E-state index contributed by atoms with van der Waals surface area (Å²) in [6.07, 6.45) is 22.4. The van der Waals surface area contributed by atoms with Crippen molar-refractivity contribution in [2.45, 2.75) is 162 Å². The first kappa shape index (κ1) is 50.1. The molecule has 1 fully saturated rings. The number of carbonyl (C=O) groups excluding carboxylic acids is 1. The summed E-state index contributed by atoms with van der Waals surface area (Å²) < 4.78 is 28.4. The summed E-state index contributed by atoms with van der Waals surface area (Å²) in [7, 11) is 0. The van der Waals surface area contributed by atoms with Crippen molar-refractivity contribution in [3.8, 4) is 11.1 Å². The number of aliphatic hydroxyl groups excluding tert-OH is 2. The van der Waals surface area contributed by atoms with Crippen LogP contribution in [0.2, 0.25) is 0 Å². The van der Waals surface area contributed by atoms with Crippen molar-refractivity contribution in [3.05, 3.63) is 113 Å². The van der Waals surface area contributed by atoms with Gasteiger partial charge < -0.3 is 19.7 Å². The van der Waals surface area contributed by atoms with Gasteiger partial charge >= 0.3 is 5.97 Å². The fraction of sp³-hybridized carbons (Fsp3) is 0.582. The monoisotopic (exact) mass is 839 g/mol. The highest BCUT2D eigenvalue weighted by Gasteiger charge is 2.32. The number of aryl methyl sites for hydroxylation is 1. The van der Waals surface area contributed by atoms with Crippen molar-refractivity contribution in [3.63, 3.8) is 0 Å². The molecule has 0 saturated heterocycles. The van der Waals surface area contributed by atoms with Crippen LogP contribution in [0.25, 0.3) is 16.7 Å². The predicted octanol–water partition coefficient (Wildman–Crippen LogP) is 14.0. The maximum Gasteiger partial charge on any atom is 0.333 e. The molecule has 2 unspecified atom stereocenters. The summed E-state index contributed by atoms with van der Waals surface area (Å²) in [5, 5.41) is 20.6. The summed E-state index contributed by atoms with van der Waals surface area (Å²) in [6.45, 7) is 22.7. The van der Waals surface area contributed by atoms with Crippen molar-refractivity contribution < 1.29 is 28.9 Å². The average molecular weight is 839 g/mol. The van der Waals surface area contributed by atoms with Gasteiger partial charge in [-0.1, -0.05) is 133 Å². The Labute approximate surface area is 369 Å². The minimum Gasteiger partial charge on any atom is -0.462 e. The molecule has 4 rings (SSSR count). The molecular formula is C55H79FO5. The normalized spacial score (nSPS) is 19.3. The van der Waals surface area contributed by atoms with Crippen molar-refractivity contribution in [1.29, 1.82) is 0 Å². The van der Waals surface area contributed by atoms with Crippen molar-refractivity contribution in [2.24, 2.45) is 17.3 Å². The molecule has 2 aromatic rings. The molecule has 0 bridgehead atoms. The lowest BCUT2D eigenvalue weighted by molar-refractivity contribution is -0.139. The molecule has 336 valence electrons. The Hall–Kier alpha value is -3.58. The van der Waals surface area contributed by atoms with Gasteiger partial charge in [0.25, 0.3) is 0 Å². The standard InChI is InChI=1S/C55H79FO5/c1-9-12-13-18-42-21-23-44(24-22-42)45-25-28-51(52(56)36-45)46-26-27-50(43(11-3)33-46)49-34-47(19-15-14-17-41(8)39(4)5)53(60-32-30-55(37-57,38-58)29-10-2)48(35-49)20-16-31-61-54(59)40(6)7/h25-28,33-36,42,44,47,53,57-58H,4,6,8-24,29-32,37-38H2,1-3,5,7H3. The van der Waals surface area contributed by atoms with Crippen LogP contribution in [0.3, 0.4) is 0 Å². The van der Waals surface area contributed by atoms with Crippen LogP contribution in [-0.2, 0) is 20.7 Å². The molecule has 2 aliphatic carbocycles. The molecule has 0 amide bonds. The Bertz CT molecular complexity index is 1810. The van der Waals surface area contributed by atoms with Gasteiger partial charge in [0.1, 0.15) is 5.82 Å². The zero-order chi connectivity index (χ0) is 44.4. The first-order valence-electron chi connectivity index (χ1n) is 23.7. The quantitative estimate of drug-likeness (QED) is 0.0406. The van der Waals surface area contributed by atoms with Crippen LogP contribution in [-0.4, -0.2) is 48.7 Å². The average Bonchev–Trinajstić information content (AvgIpc) is 3.26. The molecule has 61 heavy (non-hydrogen) atoms. The summed E-state index contributed by atoms with van der Waals surface area (Å²) in [5.74, 6) is 0.787. The second-order valence-corrected chi connectivity index (χ2v) is 18.4. The van der Waals surface area contributed by atoms with Gasteiger partial charge in [0.15, 0.2) is 0 Å². The van der Waals surface area contributed by atoms with E-state index < -0.39 is 5.41 Å². The molecule has 2 aliphatic rings. The zero-order valence-electron chi connectivity index (χ0n) is 38.6. The lowest BCUT2D eigenvalue weighted by atomic mass is 9.77. The second-order valence-electron chi connectivity index (χ2n) is 18.4. The van der Waals surface area contributed by atoms with Crippen LogP contribution >= 0.6 is 0 Å². The van der Waals surface area contributed by atoms with E-state index in [1.165, 1.54) is 38.5 Å². The molecule has 0 radical (unpaired) electrons. The second kappa shape index (κ2) is 25.5. The Morgan fingerprint density at radius 2 is 1.54 bits per heavy atom. The molecule has 5 nitrogen and oxygen atoms in total. The topological polar surface area (TPSA) is 76.0 Å². The zero-order valence-corrected chi connectivity index (χ0v) is 38.6. The number of ether oxygens (including phenoxy) is 2. The number of carbonyl (C=O) groups is 1. The number of aliphatic hydroxyl groups is 2. The maximum absolute atomic E-state index is 16.0. The number of hydrogen-bond donors (Lipinski definition) is 2. The van der Waals surface area contributed by atoms with Gasteiger partial charge in [-0.25, -0.2) is 9.18 Å². The Kier molecular flexibility index (Phi) is 20.9. The minimum absolute atomic E-state index is 0.0654. The lowest BCUT2D eigenvalue weighted by Gasteiger charge is -2.35. The minimum atomic E-state index is -0.589. The van der Waals surface area contributed by atoms with Crippen LogP contribution in [0.15, 0.2) is 90.6 Å². The highest BCUT2D eigenvalue weighted by atomic mass is 19.1. The van der Waals surface area contributed by atoms with E-state index in [-0.39, 0.29) is 43.6 Å².